The van der Waals surface area contributed by atoms with E-state index in [0.717, 1.165) is 6.07 Å². The van der Waals surface area contributed by atoms with Gasteiger partial charge in [0.2, 0.25) is 0 Å². The zero-order valence-electron chi connectivity index (χ0n) is 13.1. The van der Waals surface area contributed by atoms with Crippen LogP contribution in [0.3, 0.4) is 0 Å². The molecule has 0 aliphatic heterocycles. The summed E-state index contributed by atoms with van der Waals surface area (Å²) in [5.41, 5.74) is -0.993. The molecule has 1 aromatic rings. The van der Waals surface area contributed by atoms with Crippen molar-refractivity contribution in [3.05, 3.63) is 29.3 Å². The van der Waals surface area contributed by atoms with Crippen LogP contribution in [0.15, 0.2) is 18.2 Å². The molecule has 9 heteroatoms. The number of benzene rings is 1. The molecule has 0 aliphatic carbocycles. The van der Waals surface area contributed by atoms with Crippen LogP contribution in [0.1, 0.15) is 44.9 Å². The highest BCUT2D eigenvalue weighted by Crippen LogP contribution is 2.33. The number of carboxylic acid groups (broad SMARTS) is 1. The van der Waals surface area contributed by atoms with E-state index in [-0.39, 0.29) is 11.3 Å². The van der Waals surface area contributed by atoms with E-state index in [1.54, 1.807) is 27.7 Å². The van der Waals surface area contributed by atoms with E-state index in [1.165, 1.54) is 6.07 Å². The molecule has 5 nitrogen and oxygen atoms in total. The number of alkyl halides is 3. The number of carbonyl (C=O) groups is 1. The average molecular weight is 352 g/mol. The van der Waals surface area contributed by atoms with Gasteiger partial charge in [-0.25, -0.2) is 4.79 Å². The summed E-state index contributed by atoms with van der Waals surface area (Å²) in [6, 6.07) is 2.24. The van der Waals surface area contributed by atoms with E-state index in [9.17, 15) is 22.5 Å². The summed E-state index contributed by atoms with van der Waals surface area (Å²) < 4.78 is 53.0. The summed E-state index contributed by atoms with van der Waals surface area (Å²) in [5.74, 6) is 0. The first kappa shape index (κ1) is 19.6. The molecule has 0 fully saturated rings. The number of anilines is 1. The Balaban J connectivity index is 3.16. The summed E-state index contributed by atoms with van der Waals surface area (Å²) in [6.07, 6.45) is -6.08. The van der Waals surface area contributed by atoms with E-state index in [4.69, 9.17) is 5.11 Å². The molecule has 0 spiro atoms. The fourth-order valence-corrected chi connectivity index (χ4v) is 2.48. The first-order chi connectivity index (χ1) is 10.3. The molecule has 0 aromatic heterocycles. The molecular formula is C14H19F3N2O3S. The second-order valence-corrected chi connectivity index (χ2v) is 7.99. The van der Waals surface area contributed by atoms with Gasteiger partial charge in [0.15, 0.2) is 0 Å². The Bertz CT molecular complexity index is 573. The fraction of sp³-hybridized carbons (Fsp3) is 0.500. The van der Waals surface area contributed by atoms with Gasteiger partial charge in [-0.15, -0.1) is 4.72 Å². The molecule has 130 valence electrons. The molecule has 2 atom stereocenters. The third kappa shape index (κ3) is 5.92. The van der Waals surface area contributed by atoms with E-state index < -0.39 is 40.0 Å². The van der Waals surface area contributed by atoms with Crippen LogP contribution in [0.4, 0.5) is 23.7 Å². The lowest BCUT2D eigenvalue weighted by Gasteiger charge is -2.27. The van der Waals surface area contributed by atoms with Gasteiger partial charge in [0.1, 0.15) is 4.75 Å². The number of hydrogen-bond donors (Lipinski definition) is 3. The van der Waals surface area contributed by atoms with Gasteiger partial charge in [-0.05, 0) is 51.5 Å². The van der Waals surface area contributed by atoms with Gasteiger partial charge < -0.3 is 9.66 Å². The number of amides is 1. The SMILES string of the molecule is CC(N[S+]([O-])C(C)(C)C)c1cc(NC(=O)O)cc(C(F)(F)F)c1. The Morgan fingerprint density at radius 2 is 1.83 bits per heavy atom. The van der Waals surface area contributed by atoms with Crippen molar-refractivity contribution < 1.29 is 27.6 Å². The van der Waals surface area contributed by atoms with Gasteiger partial charge in [-0.2, -0.15) is 13.2 Å². The van der Waals surface area contributed by atoms with E-state index in [1.807, 2.05) is 5.32 Å². The van der Waals surface area contributed by atoms with Crippen molar-refractivity contribution in [1.29, 1.82) is 0 Å². The van der Waals surface area contributed by atoms with Gasteiger partial charge in [-0.1, -0.05) is 0 Å². The molecule has 1 aromatic carbocycles. The van der Waals surface area contributed by atoms with E-state index >= 15 is 0 Å². The van der Waals surface area contributed by atoms with Gasteiger partial charge >= 0.3 is 12.3 Å². The quantitative estimate of drug-likeness (QED) is 0.718. The first-order valence-corrected chi connectivity index (χ1v) is 7.86. The standard InChI is InChI=1S/C14H19F3N2O3S/c1-8(19-23(22)13(2,3)4)9-5-10(14(15,16)17)7-11(6-9)18-12(20)21/h5-8,18-19H,1-4H3,(H,20,21). The Labute approximate surface area is 135 Å². The Morgan fingerprint density at radius 3 is 2.26 bits per heavy atom. The highest BCUT2D eigenvalue weighted by molar-refractivity contribution is 7.90. The lowest BCUT2D eigenvalue weighted by Crippen LogP contribution is -2.40. The zero-order chi connectivity index (χ0) is 18.0. The van der Waals surface area contributed by atoms with Crippen molar-refractivity contribution >= 4 is 23.1 Å². The van der Waals surface area contributed by atoms with Crippen LogP contribution >= 0.6 is 0 Å². The Morgan fingerprint density at radius 1 is 1.26 bits per heavy atom. The molecule has 3 N–H and O–H groups in total. The molecule has 23 heavy (non-hydrogen) atoms. The van der Waals surface area contributed by atoms with Gasteiger partial charge in [-0.3, -0.25) is 5.32 Å². The average Bonchev–Trinajstić information content (AvgIpc) is 2.35. The molecule has 1 rings (SSSR count). The molecule has 0 saturated heterocycles. The first-order valence-electron chi connectivity index (χ1n) is 6.71. The Kier molecular flexibility index (Phi) is 5.95. The molecule has 0 heterocycles. The lowest BCUT2D eigenvalue weighted by molar-refractivity contribution is -0.137. The molecule has 1 amide bonds. The molecule has 0 aliphatic rings. The maximum Gasteiger partial charge on any atom is 0.416 e. The predicted octanol–water partition coefficient (Wildman–Crippen LogP) is 3.91. The van der Waals surface area contributed by atoms with Crippen LogP contribution in [0.5, 0.6) is 0 Å². The zero-order valence-corrected chi connectivity index (χ0v) is 13.9. The monoisotopic (exact) mass is 352 g/mol. The smallest absolute Gasteiger partial charge is 0.416 e. The highest BCUT2D eigenvalue weighted by Gasteiger charge is 2.33. The van der Waals surface area contributed by atoms with Crippen molar-refractivity contribution in [3.63, 3.8) is 0 Å². The second-order valence-electron chi connectivity index (χ2n) is 5.99. The van der Waals surface area contributed by atoms with Crippen LogP contribution in [-0.2, 0) is 17.5 Å². The van der Waals surface area contributed by atoms with Crippen LogP contribution in [0.25, 0.3) is 0 Å². The minimum atomic E-state index is -4.62. The minimum Gasteiger partial charge on any atom is -0.598 e. The van der Waals surface area contributed by atoms with Crippen molar-refractivity contribution in [2.75, 3.05) is 5.32 Å². The minimum absolute atomic E-state index is 0.182. The molecule has 2 unspecified atom stereocenters. The Hall–Kier alpha value is -1.45. The molecule has 0 bridgehead atoms. The van der Waals surface area contributed by atoms with Crippen LogP contribution in [0, 0.1) is 0 Å². The maximum absolute atomic E-state index is 12.9. The van der Waals surface area contributed by atoms with Crippen molar-refractivity contribution in [2.45, 2.75) is 44.7 Å². The molecule has 0 radical (unpaired) electrons. The third-order valence-electron chi connectivity index (χ3n) is 2.87. The van der Waals surface area contributed by atoms with E-state index in [0.29, 0.717) is 6.07 Å². The van der Waals surface area contributed by atoms with Gasteiger partial charge in [0.25, 0.3) is 0 Å². The molecular weight excluding hydrogens is 333 g/mol. The topological polar surface area (TPSA) is 84.4 Å². The lowest BCUT2D eigenvalue weighted by atomic mass is 10.0. The summed E-state index contributed by atoms with van der Waals surface area (Å²) in [6.45, 7) is 6.74. The summed E-state index contributed by atoms with van der Waals surface area (Å²) >= 11 is -1.48. The number of hydrogen-bond acceptors (Lipinski definition) is 3. The summed E-state index contributed by atoms with van der Waals surface area (Å²) in [4.78, 5) is 10.7. The molecule has 0 saturated carbocycles. The largest absolute Gasteiger partial charge is 0.598 e. The number of rotatable bonds is 4. The third-order valence-corrected chi connectivity index (χ3v) is 4.55. The summed E-state index contributed by atoms with van der Waals surface area (Å²) in [5, 5.41) is 10.6. The normalized spacial score (nSPS) is 15.1. The van der Waals surface area contributed by atoms with Crippen LogP contribution in [0.2, 0.25) is 0 Å². The van der Waals surface area contributed by atoms with Gasteiger partial charge in [0.05, 0.1) is 11.6 Å². The number of nitrogens with one attached hydrogen (secondary N) is 2. The van der Waals surface area contributed by atoms with Crippen molar-refractivity contribution in [3.8, 4) is 0 Å². The van der Waals surface area contributed by atoms with Gasteiger partial charge in [0, 0.05) is 17.0 Å². The predicted molar refractivity (Wildman–Crippen MR) is 82.5 cm³/mol. The van der Waals surface area contributed by atoms with Crippen molar-refractivity contribution in [2.24, 2.45) is 0 Å². The van der Waals surface area contributed by atoms with Crippen LogP contribution in [-0.4, -0.2) is 20.5 Å². The fourth-order valence-electron chi connectivity index (χ4n) is 1.67. The highest BCUT2D eigenvalue weighted by atomic mass is 32.2. The summed E-state index contributed by atoms with van der Waals surface area (Å²) in [7, 11) is 0. The number of halogens is 3. The van der Waals surface area contributed by atoms with E-state index in [2.05, 4.69) is 4.72 Å². The van der Waals surface area contributed by atoms with Crippen LogP contribution < -0.4 is 10.0 Å². The van der Waals surface area contributed by atoms with Crippen molar-refractivity contribution in [1.82, 2.24) is 4.72 Å². The second kappa shape index (κ2) is 6.98. The maximum atomic E-state index is 12.9.